The minimum atomic E-state index is -3.51. The van der Waals surface area contributed by atoms with E-state index in [-0.39, 0.29) is 28.6 Å². The first kappa shape index (κ1) is 20.5. The van der Waals surface area contributed by atoms with Crippen LogP contribution in [0.3, 0.4) is 0 Å². The summed E-state index contributed by atoms with van der Waals surface area (Å²) < 4.78 is 27.1. The summed E-state index contributed by atoms with van der Waals surface area (Å²) in [6.45, 7) is 2.42. The van der Waals surface area contributed by atoms with E-state index in [9.17, 15) is 18.0 Å². The van der Waals surface area contributed by atoms with Gasteiger partial charge in [-0.2, -0.15) is 4.31 Å². The number of nitrogens with zero attached hydrogens (tertiary/aromatic N) is 2. The van der Waals surface area contributed by atoms with Gasteiger partial charge in [-0.15, -0.1) is 0 Å². The topological polar surface area (TPSA) is 86.8 Å². The maximum Gasteiger partial charge on any atom is 0.243 e. The minimum absolute atomic E-state index is 0.0364. The maximum absolute atomic E-state index is 12.8. The van der Waals surface area contributed by atoms with E-state index >= 15 is 0 Å². The normalized spacial score (nSPS) is 28.9. The first-order valence-electron chi connectivity index (χ1n) is 10.5. The molecule has 7 nitrogen and oxygen atoms in total. The van der Waals surface area contributed by atoms with Gasteiger partial charge in [0, 0.05) is 49.6 Å². The van der Waals surface area contributed by atoms with Crippen molar-refractivity contribution in [1.82, 2.24) is 9.21 Å². The van der Waals surface area contributed by atoms with Crippen LogP contribution in [-0.4, -0.2) is 62.5 Å². The van der Waals surface area contributed by atoms with E-state index < -0.39 is 10.0 Å². The molecule has 1 aromatic carbocycles. The minimum Gasteiger partial charge on any atom is -0.326 e. The molecule has 0 radical (unpaired) electrons. The first-order chi connectivity index (χ1) is 13.8. The van der Waals surface area contributed by atoms with E-state index in [0.29, 0.717) is 37.4 Å². The van der Waals surface area contributed by atoms with Crippen LogP contribution in [0.2, 0.25) is 0 Å². The Labute approximate surface area is 172 Å². The lowest BCUT2D eigenvalue weighted by Gasteiger charge is -2.36. The summed E-state index contributed by atoms with van der Waals surface area (Å²) in [7, 11) is -1.53. The predicted molar refractivity (Wildman–Crippen MR) is 110 cm³/mol. The van der Waals surface area contributed by atoms with E-state index in [4.69, 9.17) is 0 Å². The number of Topliss-reactive ketones (excluding diaryl/α,β-unsaturated/α-hetero) is 1. The molecule has 8 heteroatoms. The van der Waals surface area contributed by atoms with Crippen LogP contribution in [0.5, 0.6) is 0 Å². The van der Waals surface area contributed by atoms with E-state index in [1.165, 1.54) is 4.31 Å². The van der Waals surface area contributed by atoms with Crippen LogP contribution in [0, 0.1) is 17.8 Å². The fourth-order valence-electron chi connectivity index (χ4n) is 4.83. The van der Waals surface area contributed by atoms with E-state index in [0.717, 1.165) is 32.4 Å². The Morgan fingerprint density at radius 3 is 2.17 bits per heavy atom. The molecule has 2 atom stereocenters. The van der Waals surface area contributed by atoms with Crippen LogP contribution in [0.15, 0.2) is 29.2 Å². The molecule has 4 rings (SSSR count). The summed E-state index contributed by atoms with van der Waals surface area (Å²) in [5, 5.41) is 2.91. The summed E-state index contributed by atoms with van der Waals surface area (Å²) in [4.78, 5) is 27.3. The lowest BCUT2D eigenvalue weighted by molar-refractivity contribution is -0.136. The monoisotopic (exact) mass is 419 g/mol. The second kappa shape index (κ2) is 8.16. The number of benzene rings is 1. The number of amides is 1. The van der Waals surface area contributed by atoms with Gasteiger partial charge in [-0.1, -0.05) is 6.42 Å². The zero-order valence-corrected chi connectivity index (χ0v) is 17.7. The Balaban J connectivity index is 1.39. The molecule has 1 saturated heterocycles. The van der Waals surface area contributed by atoms with Gasteiger partial charge >= 0.3 is 0 Å². The molecule has 29 heavy (non-hydrogen) atoms. The highest BCUT2D eigenvalue weighted by Gasteiger charge is 2.41. The number of hydrogen-bond donors (Lipinski definition) is 1. The van der Waals surface area contributed by atoms with Crippen LogP contribution in [0.4, 0.5) is 5.69 Å². The molecule has 158 valence electrons. The molecule has 2 aliphatic carbocycles. The average molecular weight is 420 g/mol. The molecule has 1 N–H and O–H groups in total. The van der Waals surface area contributed by atoms with Crippen molar-refractivity contribution >= 4 is 27.4 Å². The molecule has 2 saturated carbocycles. The molecular weight excluding hydrogens is 390 g/mol. The number of rotatable bonds is 4. The highest BCUT2D eigenvalue weighted by Crippen LogP contribution is 2.40. The van der Waals surface area contributed by atoms with Crippen LogP contribution in [0.25, 0.3) is 0 Å². The van der Waals surface area contributed by atoms with Gasteiger partial charge in [0.05, 0.1) is 4.90 Å². The number of nitrogens with one attached hydrogen (secondary N) is 1. The van der Waals surface area contributed by atoms with Crippen molar-refractivity contribution in [3.8, 4) is 0 Å². The zero-order chi connectivity index (χ0) is 20.6. The second-order valence-electron chi connectivity index (χ2n) is 8.62. The number of ketones is 1. The summed E-state index contributed by atoms with van der Waals surface area (Å²) >= 11 is 0. The maximum atomic E-state index is 12.8. The number of carbonyl (C=O) groups is 2. The number of sulfonamides is 1. The van der Waals surface area contributed by atoms with Crippen LogP contribution in [0.1, 0.15) is 32.1 Å². The third-order valence-electron chi connectivity index (χ3n) is 6.64. The Bertz CT molecular complexity index is 860. The summed E-state index contributed by atoms with van der Waals surface area (Å²) in [6.07, 6.45) is 4.16. The number of carbonyl (C=O) groups excluding carboxylic acids is 2. The average Bonchev–Trinajstić information content (AvgIpc) is 2.68. The second-order valence-corrected chi connectivity index (χ2v) is 10.6. The smallest absolute Gasteiger partial charge is 0.243 e. The zero-order valence-electron chi connectivity index (χ0n) is 16.8. The summed E-state index contributed by atoms with van der Waals surface area (Å²) in [6, 6.07) is 6.41. The van der Waals surface area contributed by atoms with E-state index in [1.807, 2.05) is 7.05 Å². The van der Waals surface area contributed by atoms with Crippen molar-refractivity contribution in [2.75, 3.05) is 38.5 Å². The van der Waals surface area contributed by atoms with Gasteiger partial charge in [0.2, 0.25) is 15.9 Å². The third-order valence-corrected chi connectivity index (χ3v) is 8.55. The Morgan fingerprint density at radius 2 is 1.59 bits per heavy atom. The fourth-order valence-corrected chi connectivity index (χ4v) is 6.25. The lowest BCUT2D eigenvalue weighted by atomic mass is 9.67. The number of hydrogen-bond acceptors (Lipinski definition) is 5. The molecule has 1 aromatic rings. The van der Waals surface area contributed by atoms with Crippen molar-refractivity contribution in [2.45, 2.75) is 37.0 Å². The van der Waals surface area contributed by atoms with Gasteiger partial charge in [-0.25, -0.2) is 8.42 Å². The van der Waals surface area contributed by atoms with Crippen LogP contribution < -0.4 is 5.32 Å². The van der Waals surface area contributed by atoms with Crippen molar-refractivity contribution in [3.63, 3.8) is 0 Å². The Hall–Kier alpha value is -1.77. The first-order valence-corrected chi connectivity index (χ1v) is 11.9. The predicted octanol–water partition coefficient (Wildman–Crippen LogP) is 1.96. The third kappa shape index (κ3) is 4.25. The van der Waals surface area contributed by atoms with Crippen molar-refractivity contribution in [2.24, 2.45) is 17.8 Å². The number of fused-ring (bicyclic) bond motifs is 2. The lowest BCUT2D eigenvalue weighted by Crippen LogP contribution is -2.46. The Morgan fingerprint density at radius 1 is 1.00 bits per heavy atom. The van der Waals surface area contributed by atoms with E-state index in [1.54, 1.807) is 24.3 Å². The standard InChI is InChI=1S/C21H29N3O4S/c1-23-9-11-24(12-10-23)29(27,28)19-7-5-18(6-8-19)22-21(26)17-13-15-3-2-4-16(14-17)20(15)25/h5-8,15-17H,2-4,9-14H2,1H3,(H,22,26). The molecule has 1 amide bonds. The summed E-state index contributed by atoms with van der Waals surface area (Å²) in [5.41, 5.74) is 0.592. The molecule has 2 unspecified atom stereocenters. The van der Waals surface area contributed by atoms with Gasteiger partial charge in [0.15, 0.2) is 0 Å². The Kier molecular flexibility index (Phi) is 5.77. The van der Waals surface area contributed by atoms with Gasteiger partial charge in [-0.3, -0.25) is 9.59 Å². The van der Waals surface area contributed by atoms with E-state index in [2.05, 4.69) is 10.2 Å². The van der Waals surface area contributed by atoms with Crippen molar-refractivity contribution in [3.05, 3.63) is 24.3 Å². The van der Waals surface area contributed by atoms with Crippen molar-refractivity contribution < 1.29 is 18.0 Å². The molecule has 0 aromatic heterocycles. The molecule has 1 heterocycles. The molecular formula is C21H29N3O4S. The molecule has 3 fully saturated rings. The molecule has 1 aliphatic heterocycles. The number of piperazine rings is 1. The number of likely N-dealkylation sites (N-methyl/N-ethyl adjacent to an activating group) is 1. The molecule has 3 aliphatic rings. The van der Waals surface area contributed by atoms with Crippen LogP contribution >= 0.6 is 0 Å². The van der Waals surface area contributed by atoms with Gasteiger partial charge < -0.3 is 10.2 Å². The van der Waals surface area contributed by atoms with Crippen LogP contribution in [-0.2, 0) is 19.6 Å². The largest absolute Gasteiger partial charge is 0.326 e. The molecule has 0 spiro atoms. The number of anilines is 1. The molecule has 2 bridgehead atoms. The quantitative estimate of drug-likeness (QED) is 0.806. The SMILES string of the molecule is CN1CCN(S(=O)(=O)c2ccc(NC(=O)C3CC4CCCC(C3)C4=O)cc2)CC1. The highest BCUT2D eigenvalue weighted by atomic mass is 32.2. The summed E-state index contributed by atoms with van der Waals surface area (Å²) in [5.74, 6) is 0.211. The van der Waals surface area contributed by atoms with Gasteiger partial charge in [0.1, 0.15) is 5.78 Å². The van der Waals surface area contributed by atoms with Gasteiger partial charge in [0.25, 0.3) is 0 Å². The fraction of sp³-hybridized carbons (Fsp3) is 0.619. The highest BCUT2D eigenvalue weighted by molar-refractivity contribution is 7.89. The van der Waals surface area contributed by atoms with Gasteiger partial charge in [-0.05, 0) is 57.0 Å². The van der Waals surface area contributed by atoms with Crippen molar-refractivity contribution in [1.29, 1.82) is 0 Å².